The average molecular weight is 311 g/mol. The van der Waals surface area contributed by atoms with Gasteiger partial charge in [-0.05, 0) is 24.3 Å². The first kappa shape index (κ1) is 13.8. The Bertz CT molecular complexity index is 846. The number of hydrogen-bond acceptors (Lipinski definition) is 6. The number of benzene rings is 1. The van der Waals surface area contributed by atoms with Gasteiger partial charge >= 0.3 is 0 Å². The molecular formula is C16H17N5O2. The van der Waals surface area contributed by atoms with Gasteiger partial charge in [-0.25, -0.2) is 0 Å². The van der Waals surface area contributed by atoms with E-state index in [4.69, 9.17) is 9.47 Å². The molecule has 0 fully saturated rings. The van der Waals surface area contributed by atoms with Crippen molar-refractivity contribution in [2.75, 3.05) is 18.5 Å². The number of anilines is 2. The molecule has 0 unspecified atom stereocenters. The molecule has 7 nitrogen and oxygen atoms in total. The Morgan fingerprint density at radius 3 is 2.83 bits per heavy atom. The van der Waals surface area contributed by atoms with Crippen LogP contribution in [0.4, 0.5) is 11.5 Å². The Morgan fingerprint density at radius 1 is 1.09 bits per heavy atom. The van der Waals surface area contributed by atoms with E-state index in [2.05, 4.69) is 20.6 Å². The molecule has 3 heterocycles. The summed E-state index contributed by atoms with van der Waals surface area (Å²) in [6.07, 6.45) is 1.67. The zero-order valence-corrected chi connectivity index (χ0v) is 12.8. The minimum atomic E-state index is 0.668. The number of nitrogens with zero attached hydrogens (tertiary/aromatic N) is 4. The highest BCUT2D eigenvalue weighted by molar-refractivity contribution is 5.62. The fourth-order valence-corrected chi connectivity index (χ4v) is 2.51. The molecule has 1 aromatic carbocycles. The summed E-state index contributed by atoms with van der Waals surface area (Å²) in [4.78, 5) is 0. The Labute approximate surface area is 133 Å². The summed E-state index contributed by atoms with van der Waals surface area (Å²) in [5, 5.41) is 16.0. The molecule has 0 spiro atoms. The topological polar surface area (TPSA) is 73.6 Å². The molecule has 0 amide bonds. The van der Waals surface area contributed by atoms with E-state index in [1.807, 2.05) is 37.3 Å². The molecule has 118 valence electrons. The van der Waals surface area contributed by atoms with Crippen molar-refractivity contribution in [1.29, 1.82) is 0 Å². The molecular weight excluding hydrogens is 294 g/mol. The number of aromatic nitrogens is 4. The van der Waals surface area contributed by atoms with Crippen LogP contribution < -0.4 is 14.8 Å². The minimum Gasteiger partial charge on any atom is -0.490 e. The van der Waals surface area contributed by atoms with Gasteiger partial charge in [0.15, 0.2) is 28.8 Å². The number of ether oxygens (including phenoxy) is 2. The maximum absolute atomic E-state index is 5.71. The van der Waals surface area contributed by atoms with Gasteiger partial charge in [-0.2, -0.15) is 4.52 Å². The normalized spacial score (nSPS) is 13.8. The lowest BCUT2D eigenvalue weighted by molar-refractivity contribution is 0.297. The van der Waals surface area contributed by atoms with Gasteiger partial charge in [0.05, 0.1) is 13.2 Å². The zero-order valence-electron chi connectivity index (χ0n) is 12.8. The second kappa shape index (κ2) is 5.75. The maximum atomic E-state index is 5.71. The Kier molecular flexibility index (Phi) is 3.45. The fraction of sp³-hybridized carbons (Fsp3) is 0.312. The van der Waals surface area contributed by atoms with Crippen LogP contribution in [0.15, 0.2) is 30.3 Å². The highest BCUT2D eigenvalue weighted by Crippen LogP contribution is 2.33. The minimum absolute atomic E-state index is 0.668. The largest absolute Gasteiger partial charge is 0.490 e. The molecule has 7 heteroatoms. The van der Waals surface area contributed by atoms with Crippen molar-refractivity contribution < 1.29 is 9.47 Å². The first-order chi connectivity index (χ1) is 11.3. The summed E-state index contributed by atoms with van der Waals surface area (Å²) in [7, 11) is 0. The number of nitrogens with one attached hydrogen (secondary N) is 1. The van der Waals surface area contributed by atoms with E-state index in [1.54, 1.807) is 4.52 Å². The summed E-state index contributed by atoms with van der Waals surface area (Å²) in [5.41, 5.74) is 1.64. The van der Waals surface area contributed by atoms with Crippen LogP contribution in [0, 0.1) is 0 Å². The second-order valence-corrected chi connectivity index (χ2v) is 5.30. The van der Waals surface area contributed by atoms with E-state index in [0.717, 1.165) is 47.3 Å². The molecule has 0 saturated heterocycles. The lowest BCUT2D eigenvalue weighted by atomic mass is 10.2. The molecule has 1 N–H and O–H groups in total. The Balaban J connectivity index is 1.63. The van der Waals surface area contributed by atoms with Gasteiger partial charge in [-0.15, -0.1) is 15.3 Å². The lowest BCUT2D eigenvalue weighted by Gasteiger charge is -2.10. The van der Waals surface area contributed by atoms with Crippen molar-refractivity contribution in [3.8, 4) is 11.5 Å². The van der Waals surface area contributed by atoms with Crippen molar-refractivity contribution in [3.63, 3.8) is 0 Å². The zero-order chi connectivity index (χ0) is 15.6. The number of aryl methyl sites for hydroxylation is 1. The van der Waals surface area contributed by atoms with Crippen LogP contribution in [0.25, 0.3) is 5.65 Å². The molecule has 1 aliphatic rings. The van der Waals surface area contributed by atoms with Gasteiger partial charge in [-0.3, -0.25) is 0 Å². The first-order valence-corrected chi connectivity index (χ1v) is 7.71. The number of hydrogen-bond donors (Lipinski definition) is 1. The molecule has 0 radical (unpaired) electrons. The molecule has 4 rings (SSSR count). The Morgan fingerprint density at radius 2 is 1.96 bits per heavy atom. The smallest absolute Gasteiger partial charge is 0.178 e. The van der Waals surface area contributed by atoms with Gasteiger partial charge in [0.1, 0.15) is 0 Å². The van der Waals surface area contributed by atoms with Gasteiger partial charge < -0.3 is 14.8 Å². The van der Waals surface area contributed by atoms with E-state index in [0.29, 0.717) is 13.2 Å². The predicted molar refractivity (Wildman–Crippen MR) is 85.5 cm³/mol. The van der Waals surface area contributed by atoms with Gasteiger partial charge in [0, 0.05) is 24.6 Å². The molecule has 0 saturated carbocycles. The molecule has 3 aromatic rings. The van der Waals surface area contributed by atoms with Gasteiger partial charge in [0.2, 0.25) is 0 Å². The van der Waals surface area contributed by atoms with Crippen LogP contribution in [-0.2, 0) is 6.42 Å². The van der Waals surface area contributed by atoms with Crippen molar-refractivity contribution in [2.45, 2.75) is 19.8 Å². The van der Waals surface area contributed by atoms with Crippen LogP contribution in [0.1, 0.15) is 19.2 Å². The van der Waals surface area contributed by atoms with Gasteiger partial charge in [0.25, 0.3) is 0 Å². The number of rotatable bonds is 3. The summed E-state index contributed by atoms with van der Waals surface area (Å²) >= 11 is 0. The monoisotopic (exact) mass is 311 g/mol. The second-order valence-electron chi connectivity index (χ2n) is 5.30. The summed E-state index contributed by atoms with van der Waals surface area (Å²) in [6.45, 7) is 3.38. The quantitative estimate of drug-likeness (QED) is 0.801. The van der Waals surface area contributed by atoms with E-state index in [-0.39, 0.29) is 0 Å². The summed E-state index contributed by atoms with van der Waals surface area (Å²) in [5.74, 6) is 3.10. The SMILES string of the molecule is CCc1nnc2ccc(Nc3ccc4c(c3)OCCCO4)nn12. The highest BCUT2D eigenvalue weighted by Gasteiger charge is 2.11. The molecule has 0 atom stereocenters. The molecule has 2 aromatic heterocycles. The summed E-state index contributed by atoms with van der Waals surface area (Å²) in [6, 6.07) is 9.57. The van der Waals surface area contributed by atoms with Gasteiger partial charge in [-0.1, -0.05) is 6.92 Å². The van der Waals surface area contributed by atoms with Crippen LogP contribution >= 0.6 is 0 Å². The van der Waals surface area contributed by atoms with Crippen molar-refractivity contribution >= 4 is 17.2 Å². The lowest BCUT2D eigenvalue weighted by Crippen LogP contribution is -2.02. The molecule has 0 bridgehead atoms. The average Bonchev–Trinajstić information content (AvgIpc) is 2.83. The van der Waals surface area contributed by atoms with Crippen LogP contribution in [0.2, 0.25) is 0 Å². The molecule has 0 aliphatic carbocycles. The van der Waals surface area contributed by atoms with Crippen molar-refractivity contribution in [3.05, 3.63) is 36.2 Å². The standard InChI is InChI=1S/C16H17N5O2/c1-2-15-18-19-16-7-6-14(20-21(15)16)17-11-4-5-12-13(10-11)23-9-3-8-22-12/h4-7,10H,2-3,8-9H2,1H3,(H,17,20). The van der Waals surface area contributed by atoms with Crippen LogP contribution in [-0.4, -0.2) is 33.0 Å². The summed E-state index contributed by atoms with van der Waals surface area (Å²) < 4.78 is 13.1. The molecule has 23 heavy (non-hydrogen) atoms. The van der Waals surface area contributed by atoms with E-state index in [9.17, 15) is 0 Å². The number of fused-ring (bicyclic) bond motifs is 2. The third-order valence-electron chi connectivity index (χ3n) is 3.66. The maximum Gasteiger partial charge on any atom is 0.178 e. The van der Waals surface area contributed by atoms with Crippen molar-refractivity contribution in [1.82, 2.24) is 19.8 Å². The van der Waals surface area contributed by atoms with E-state index < -0.39 is 0 Å². The van der Waals surface area contributed by atoms with E-state index in [1.165, 1.54) is 0 Å². The first-order valence-electron chi connectivity index (χ1n) is 7.71. The Hall–Kier alpha value is -2.83. The third-order valence-corrected chi connectivity index (χ3v) is 3.66. The third kappa shape index (κ3) is 2.65. The highest BCUT2D eigenvalue weighted by atomic mass is 16.5. The van der Waals surface area contributed by atoms with Crippen LogP contribution in [0.3, 0.4) is 0 Å². The fourth-order valence-electron chi connectivity index (χ4n) is 2.51. The molecule has 1 aliphatic heterocycles. The van der Waals surface area contributed by atoms with Crippen LogP contribution in [0.5, 0.6) is 11.5 Å². The van der Waals surface area contributed by atoms with Crippen molar-refractivity contribution in [2.24, 2.45) is 0 Å². The van der Waals surface area contributed by atoms with E-state index >= 15 is 0 Å². The predicted octanol–water partition coefficient (Wildman–Crippen LogP) is 2.59.